The minimum atomic E-state index is -1.09. The number of hydrogen-bond donors (Lipinski definition) is 1. The van der Waals surface area contributed by atoms with E-state index in [0.717, 1.165) is 16.7 Å². The molecule has 1 fully saturated rings. The molecule has 1 aliphatic heterocycles. The molecule has 0 unspecified atom stereocenters. The van der Waals surface area contributed by atoms with Crippen LogP contribution in [0, 0.1) is 3.57 Å². The second-order valence-electron chi connectivity index (χ2n) is 9.93. The van der Waals surface area contributed by atoms with Gasteiger partial charge in [-0.3, -0.25) is 9.36 Å². The molecule has 1 aromatic heterocycles. The number of methoxy groups -OCH3 is 2. The van der Waals surface area contributed by atoms with E-state index in [2.05, 4.69) is 4.98 Å². The van der Waals surface area contributed by atoms with E-state index in [0.29, 0.717) is 15.1 Å². The number of benzene rings is 3. The maximum atomic E-state index is 12.8. The molecule has 0 spiro atoms. The Kier molecular flexibility index (Phi) is 9.07. The Bertz CT molecular complexity index is 1540. The van der Waals surface area contributed by atoms with Gasteiger partial charge in [0.25, 0.3) is 0 Å². The normalized spacial score (nSPS) is 18.5. The second-order valence-corrected chi connectivity index (χ2v) is 11.1. The van der Waals surface area contributed by atoms with Crippen LogP contribution in [0.15, 0.2) is 89.9 Å². The highest BCUT2D eigenvalue weighted by Gasteiger charge is 2.42. The third-order valence-electron chi connectivity index (χ3n) is 7.39. The molecule has 5 rings (SSSR count). The molecular weight excluding hydrogens is 651 g/mol. The zero-order valence-electron chi connectivity index (χ0n) is 23.4. The number of halogens is 1. The first-order chi connectivity index (χ1) is 20.3. The highest BCUT2D eigenvalue weighted by Crippen LogP contribution is 2.42. The number of carbonyl (C=O) groups excluding carboxylic acids is 1. The molecule has 3 atom stereocenters. The molecule has 0 bridgehead atoms. The molecule has 1 aliphatic rings. The van der Waals surface area contributed by atoms with Gasteiger partial charge in [0.2, 0.25) is 0 Å². The Morgan fingerprint density at radius 2 is 1.52 bits per heavy atom. The summed E-state index contributed by atoms with van der Waals surface area (Å²) in [6, 6.07) is 25.1. The Morgan fingerprint density at radius 1 is 0.976 bits per heavy atom. The van der Waals surface area contributed by atoms with Crippen molar-refractivity contribution in [3.8, 4) is 11.5 Å². The monoisotopic (exact) mass is 682 g/mol. The molecule has 218 valence electrons. The Morgan fingerprint density at radius 3 is 2.05 bits per heavy atom. The van der Waals surface area contributed by atoms with Gasteiger partial charge in [-0.15, -0.1) is 0 Å². The van der Waals surface area contributed by atoms with Gasteiger partial charge in [-0.05, 0) is 63.5 Å². The van der Waals surface area contributed by atoms with Gasteiger partial charge >= 0.3 is 5.69 Å². The third-order valence-corrected chi connectivity index (χ3v) is 8.18. The first-order valence-electron chi connectivity index (χ1n) is 13.4. The average molecular weight is 683 g/mol. The number of carbonyl (C=O) groups is 1. The molecule has 0 amide bonds. The molecule has 0 radical (unpaired) electrons. The number of aliphatic hydroxyl groups excluding tert-OH is 1. The van der Waals surface area contributed by atoms with Gasteiger partial charge in [-0.25, -0.2) is 4.79 Å². The number of Topliss-reactive ketones (excluding diaryl/α,β-unsaturated/α-hetero) is 1. The van der Waals surface area contributed by atoms with E-state index in [1.165, 1.54) is 17.7 Å². The van der Waals surface area contributed by atoms with Gasteiger partial charge in [0.15, 0.2) is 5.78 Å². The maximum Gasteiger partial charge on any atom is 0.350 e. The number of aliphatic hydroxyl groups is 1. The summed E-state index contributed by atoms with van der Waals surface area (Å²) in [6.45, 7) is 1.37. The van der Waals surface area contributed by atoms with E-state index in [4.69, 9.17) is 18.9 Å². The summed E-state index contributed by atoms with van der Waals surface area (Å²) < 4.78 is 25.7. The molecule has 10 heteroatoms. The SMILES string of the molecule is COc1ccc(C(OC[C@H]2O[C@@H](n3cc(I)c(C(C)=O)nc3=O)C[C@@H]2O)(c2ccccc2)c2ccc(OC)cc2)cc1. The highest BCUT2D eigenvalue weighted by molar-refractivity contribution is 14.1. The van der Waals surface area contributed by atoms with Crippen molar-refractivity contribution in [2.75, 3.05) is 20.8 Å². The second kappa shape index (κ2) is 12.7. The summed E-state index contributed by atoms with van der Waals surface area (Å²) in [6.07, 6.45) is -0.722. The Hall–Kier alpha value is -3.58. The maximum absolute atomic E-state index is 12.8. The van der Waals surface area contributed by atoms with Crippen LogP contribution in [-0.4, -0.2) is 53.5 Å². The number of ketones is 1. The summed E-state index contributed by atoms with van der Waals surface area (Å²) >= 11 is 1.97. The topological polar surface area (TPSA) is 109 Å². The van der Waals surface area contributed by atoms with E-state index in [1.807, 2.05) is 101 Å². The molecule has 0 aliphatic carbocycles. The van der Waals surface area contributed by atoms with Crippen LogP contribution in [0.4, 0.5) is 0 Å². The average Bonchev–Trinajstić information content (AvgIpc) is 3.39. The zero-order chi connectivity index (χ0) is 29.9. The van der Waals surface area contributed by atoms with Crippen LogP contribution >= 0.6 is 22.6 Å². The fourth-order valence-electron chi connectivity index (χ4n) is 5.22. The summed E-state index contributed by atoms with van der Waals surface area (Å²) in [5, 5.41) is 11.0. The molecule has 42 heavy (non-hydrogen) atoms. The van der Waals surface area contributed by atoms with Gasteiger partial charge in [-0.1, -0.05) is 54.6 Å². The van der Waals surface area contributed by atoms with Crippen molar-refractivity contribution in [1.29, 1.82) is 0 Å². The lowest BCUT2D eigenvalue weighted by Gasteiger charge is -2.37. The molecule has 1 saturated heterocycles. The lowest BCUT2D eigenvalue weighted by Crippen LogP contribution is -2.38. The van der Waals surface area contributed by atoms with Gasteiger partial charge in [0.1, 0.15) is 35.1 Å². The number of rotatable bonds is 10. The molecule has 2 heterocycles. The van der Waals surface area contributed by atoms with Crippen molar-refractivity contribution in [3.05, 3.63) is 121 Å². The van der Waals surface area contributed by atoms with E-state index in [9.17, 15) is 14.7 Å². The van der Waals surface area contributed by atoms with E-state index < -0.39 is 29.7 Å². The molecular formula is C32H31IN2O7. The lowest BCUT2D eigenvalue weighted by molar-refractivity contribution is -0.0944. The first kappa shape index (κ1) is 29.9. The van der Waals surface area contributed by atoms with Crippen LogP contribution in [0.2, 0.25) is 0 Å². The van der Waals surface area contributed by atoms with Crippen LogP contribution in [0.25, 0.3) is 0 Å². The number of aromatic nitrogens is 2. The predicted molar refractivity (Wildman–Crippen MR) is 164 cm³/mol. The smallest absolute Gasteiger partial charge is 0.350 e. The zero-order valence-corrected chi connectivity index (χ0v) is 25.6. The van der Waals surface area contributed by atoms with Crippen LogP contribution < -0.4 is 15.2 Å². The van der Waals surface area contributed by atoms with Crippen molar-refractivity contribution in [1.82, 2.24) is 9.55 Å². The van der Waals surface area contributed by atoms with Gasteiger partial charge < -0.3 is 24.1 Å². The molecule has 4 aromatic rings. The number of nitrogens with zero attached hydrogens (tertiary/aromatic N) is 2. The van der Waals surface area contributed by atoms with Gasteiger partial charge in [-0.2, -0.15) is 4.98 Å². The summed E-state index contributed by atoms with van der Waals surface area (Å²) in [5.74, 6) is 1.12. The highest BCUT2D eigenvalue weighted by atomic mass is 127. The minimum Gasteiger partial charge on any atom is -0.497 e. The number of hydrogen-bond acceptors (Lipinski definition) is 8. The standard InChI is InChI=1S/C32H31IN2O7/c1-20(36)30-26(33)18-35(31(38)34-30)29-17-27(37)28(42-29)19-41-32(21-7-5-4-6-8-21,22-9-13-24(39-2)14-10-22)23-11-15-25(40-3)16-12-23/h4-16,18,27-29,37H,17,19H2,1-3H3/t27-,28+,29+/m0/s1. The molecule has 9 nitrogen and oxygen atoms in total. The lowest BCUT2D eigenvalue weighted by atomic mass is 9.80. The Labute approximate surface area is 257 Å². The largest absolute Gasteiger partial charge is 0.497 e. The quantitative estimate of drug-likeness (QED) is 0.146. The van der Waals surface area contributed by atoms with Crippen LogP contribution in [0.1, 0.15) is 46.8 Å². The van der Waals surface area contributed by atoms with E-state index >= 15 is 0 Å². The Balaban J connectivity index is 1.52. The fourth-order valence-corrected chi connectivity index (χ4v) is 6.02. The van der Waals surface area contributed by atoms with Gasteiger partial charge in [0, 0.05) is 19.5 Å². The summed E-state index contributed by atoms with van der Waals surface area (Å²) in [5.41, 5.74) is 0.977. The minimum absolute atomic E-state index is 0.00935. The molecule has 3 aromatic carbocycles. The fraction of sp³-hybridized carbons (Fsp3) is 0.281. The predicted octanol–water partition coefficient (Wildman–Crippen LogP) is 4.72. The van der Waals surface area contributed by atoms with Crippen LogP contribution in [-0.2, 0) is 15.1 Å². The summed E-state index contributed by atoms with van der Waals surface area (Å²) in [4.78, 5) is 28.5. The van der Waals surface area contributed by atoms with Crippen LogP contribution in [0.5, 0.6) is 11.5 Å². The van der Waals surface area contributed by atoms with Crippen molar-refractivity contribution >= 4 is 28.4 Å². The summed E-state index contributed by atoms with van der Waals surface area (Å²) in [7, 11) is 3.23. The van der Waals surface area contributed by atoms with Crippen molar-refractivity contribution in [2.24, 2.45) is 0 Å². The molecule has 1 N–H and O–H groups in total. The number of ether oxygens (including phenoxy) is 4. The van der Waals surface area contributed by atoms with Crippen molar-refractivity contribution < 1.29 is 28.8 Å². The van der Waals surface area contributed by atoms with Crippen molar-refractivity contribution in [2.45, 2.75) is 37.4 Å². The van der Waals surface area contributed by atoms with Crippen LogP contribution in [0.3, 0.4) is 0 Å². The van der Waals surface area contributed by atoms with Gasteiger partial charge in [0.05, 0.1) is 30.5 Å². The van der Waals surface area contributed by atoms with Crippen molar-refractivity contribution in [3.63, 3.8) is 0 Å². The first-order valence-corrected chi connectivity index (χ1v) is 14.5. The van der Waals surface area contributed by atoms with E-state index in [1.54, 1.807) is 14.2 Å². The third kappa shape index (κ3) is 5.84. The molecule has 0 saturated carbocycles. The van der Waals surface area contributed by atoms with E-state index in [-0.39, 0.29) is 24.5 Å².